The Bertz CT molecular complexity index is 1130. The van der Waals surface area contributed by atoms with E-state index >= 15 is 0 Å². The zero-order chi connectivity index (χ0) is 27.4. The minimum Gasteiger partial charge on any atom is -0.743 e. The molecule has 3 rings (SSSR count). The molecule has 0 spiro atoms. The fraction of sp³-hybridized carbons (Fsp3) is 0.182. The highest BCUT2D eigenvalue weighted by Crippen LogP contribution is 2.54. The zero-order valence-corrected chi connectivity index (χ0v) is 19.9. The molecular formula is C22H18F9NO3S2. The Kier molecular flexibility index (Phi) is 10.3. The number of hydrogen-bond acceptors (Lipinski definition) is 4. The molecule has 0 aromatic heterocycles. The Labute approximate surface area is 208 Å². The molecule has 0 atom stereocenters. The Balaban J connectivity index is 0.000000364. The maximum absolute atomic E-state index is 12.2. The second-order valence-corrected chi connectivity index (χ2v) is 10.3. The lowest BCUT2D eigenvalue weighted by Gasteiger charge is -2.34. The summed E-state index contributed by atoms with van der Waals surface area (Å²) in [5.74, 6) is -14.8. The van der Waals surface area contributed by atoms with Crippen LogP contribution in [0.3, 0.4) is 0 Å². The van der Waals surface area contributed by atoms with E-state index in [0.717, 1.165) is 0 Å². The first-order valence-electron chi connectivity index (χ1n) is 9.50. The highest BCUT2D eigenvalue weighted by Gasteiger charge is 2.83. The van der Waals surface area contributed by atoms with Gasteiger partial charge in [-0.05, 0) is 36.4 Å². The van der Waals surface area contributed by atoms with Gasteiger partial charge < -0.3 is 10.7 Å². The van der Waals surface area contributed by atoms with E-state index in [4.69, 9.17) is 0 Å². The Hall–Kier alpha value is -2.75. The van der Waals surface area contributed by atoms with Crippen molar-refractivity contribution in [2.75, 3.05) is 0 Å². The highest BCUT2D eigenvalue weighted by molar-refractivity contribution is 7.97. The first kappa shape index (κ1) is 32.3. The number of benzene rings is 3. The molecule has 0 saturated heterocycles. The van der Waals surface area contributed by atoms with Gasteiger partial charge >= 0.3 is 23.3 Å². The van der Waals surface area contributed by atoms with Crippen LogP contribution in [0, 0.1) is 0 Å². The second-order valence-electron chi connectivity index (χ2n) is 6.86. The van der Waals surface area contributed by atoms with Gasteiger partial charge in [0.05, 0.1) is 10.9 Å². The largest absolute Gasteiger partial charge is 0.743 e. The van der Waals surface area contributed by atoms with Crippen LogP contribution in [-0.4, -0.2) is 36.2 Å². The smallest absolute Gasteiger partial charge is 0.460 e. The van der Waals surface area contributed by atoms with Crippen LogP contribution in [0.15, 0.2) is 106 Å². The van der Waals surface area contributed by atoms with Crippen molar-refractivity contribution in [3.63, 3.8) is 0 Å². The minimum atomic E-state index is -7.43. The number of alkyl halides is 9. The average Bonchev–Trinajstić information content (AvgIpc) is 2.80. The van der Waals surface area contributed by atoms with E-state index in [-0.39, 0.29) is 17.0 Å². The molecule has 4 nitrogen and oxygen atoms in total. The maximum atomic E-state index is 12.2. The molecule has 3 aromatic carbocycles. The molecule has 0 fully saturated rings. The monoisotopic (exact) mass is 579 g/mol. The molecule has 0 unspecified atom stereocenters. The third-order valence-corrected chi connectivity index (χ3v) is 7.48. The van der Waals surface area contributed by atoms with Crippen LogP contribution < -0.4 is 6.15 Å². The van der Waals surface area contributed by atoms with Crippen LogP contribution in [0.2, 0.25) is 0 Å². The maximum Gasteiger partial charge on any atom is 0.460 e. The lowest BCUT2D eigenvalue weighted by Crippen LogP contribution is -2.63. The summed E-state index contributed by atoms with van der Waals surface area (Å²) < 4.78 is 135. The fourth-order valence-corrected chi connectivity index (χ4v) is 5.14. The number of hydrogen-bond donors (Lipinski definition) is 1. The molecule has 3 aromatic rings. The number of rotatable bonds is 6. The first-order valence-corrected chi connectivity index (χ1v) is 12.1. The summed E-state index contributed by atoms with van der Waals surface area (Å²) in [5.41, 5.74) is 0. The van der Waals surface area contributed by atoms with Gasteiger partial charge in [0.15, 0.2) is 24.8 Å². The molecule has 0 aliphatic carbocycles. The zero-order valence-electron chi connectivity index (χ0n) is 18.3. The Morgan fingerprint density at radius 1 is 0.541 bits per heavy atom. The van der Waals surface area contributed by atoms with Crippen molar-refractivity contribution >= 4 is 21.0 Å². The fourth-order valence-electron chi connectivity index (χ4n) is 2.60. The van der Waals surface area contributed by atoms with Crippen LogP contribution in [0.25, 0.3) is 0 Å². The van der Waals surface area contributed by atoms with Crippen LogP contribution in [0.1, 0.15) is 0 Å². The predicted molar refractivity (Wildman–Crippen MR) is 117 cm³/mol. The van der Waals surface area contributed by atoms with Gasteiger partial charge in [0.2, 0.25) is 0 Å². The standard InChI is InChI=1S/C18H15S.C4HF9O3S.H3N/c1-4-10-16(11-5-1)19(17-12-6-2-7-13-17)18-14-8-3-9-15-18;5-1(6,3(9,10)11)2(7,8)4(12,13)17(14,15)16;/h1-15H;(H,14,15,16);1H3/q+1;;/p-1. The normalized spacial score (nSPS) is 12.8. The molecule has 204 valence electrons. The van der Waals surface area contributed by atoms with Crippen molar-refractivity contribution < 1.29 is 52.5 Å². The summed E-state index contributed by atoms with van der Waals surface area (Å²) in [6.45, 7) is 0. The van der Waals surface area contributed by atoms with Crippen LogP contribution >= 0.6 is 0 Å². The highest BCUT2D eigenvalue weighted by atomic mass is 32.2. The molecule has 37 heavy (non-hydrogen) atoms. The van der Waals surface area contributed by atoms with Crippen molar-refractivity contribution in [3.8, 4) is 0 Å². The number of halogens is 9. The average molecular weight is 580 g/mol. The molecule has 0 aliphatic heterocycles. The van der Waals surface area contributed by atoms with Crippen LogP contribution in [0.5, 0.6) is 0 Å². The van der Waals surface area contributed by atoms with Crippen molar-refractivity contribution in [1.82, 2.24) is 6.15 Å². The van der Waals surface area contributed by atoms with Gasteiger partial charge in [0, 0.05) is 0 Å². The van der Waals surface area contributed by atoms with Crippen molar-refractivity contribution in [2.45, 2.75) is 38.0 Å². The van der Waals surface area contributed by atoms with Gasteiger partial charge in [-0.2, -0.15) is 39.5 Å². The Morgan fingerprint density at radius 2 is 0.811 bits per heavy atom. The molecule has 0 radical (unpaired) electrons. The van der Waals surface area contributed by atoms with Gasteiger partial charge in [0.1, 0.15) is 0 Å². The SMILES string of the molecule is N.O=S(=O)([O-])C(F)(F)C(F)(F)C(F)(F)C(F)(F)F.c1ccc([S+](c2ccccc2)c2ccccc2)cc1. The molecule has 0 aliphatic rings. The third-order valence-electron chi connectivity index (χ3n) is 4.37. The molecule has 0 saturated carbocycles. The van der Waals surface area contributed by atoms with E-state index in [2.05, 4.69) is 91.0 Å². The van der Waals surface area contributed by atoms with E-state index in [1.54, 1.807) is 0 Å². The van der Waals surface area contributed by atoms with E-state index in [0.29, 0.717) is 0 Å². The molecule has 15 heteroatoms. The van der Waals surface area contributed by atoms with E-state index < -0.39 is 33.4 Å². The second kappa shape index (κ2) is 11.8. The van der Waals surface area contributed by atoms with E-state index in [1.165, 1.54) is 14.7 Å². The van der Waals surface area contributed by atoms with E-state index in [1.807, 2.05) is 0 Å². The molecule has 0 amide bonds. The minimum absolute atomic E-state index is 0. The lowest BCUT2D eigenvalue weighted by molar-refractivity contribution is -0.382. The quantitative estimate of drug-likeness (QED) is 0.195. The lowest BCUT2D eigenvalue weighted by atomic mass is 10.1. The molecular weight excluding hydrogens is 561 g/mol. The van der Waals surface area contributed by atoms with Gasteiger partial charge in [-0.3, -0.25) is 0 Å². The van der Waals surface area contributed by atoms with Crippen molar-refractivity contribution in [2.24, 2.45) is 0 Å². The van der Waals surface area contributed by atoms with Crippen molar-refractivity contribution in [3.05, 3.63) is 91.0 Å². The molecule has 3 N–H and O–H groups in total. The summed E-state index contributed by atoms with van der Waals surface area (Å²) >= 11 is 0. The molecule has 0 heterocycles. The predicted octanol–water partition coefficient (Wildman–Crippen LogP) is 6.90. The summed E-state index contributed by atoms with van der Waals surface area (Å²) in [5, 5.41) is -7.11. The summed E-state index contributed by atoms with van der Waals surface area (Å²) in [6, 6.07) is 32.2. The Morgan fingerprint density at radius 3 is 1.03 bits per heavy atom. The van der Waals surface area contributed by atoms with Crippen molar-refractivity contribution in [1.29, 1.82) is 0 Å². The summed E-state index contributed by atoms with van der Waals surface area (Å²) in [7, 11) is -7.43. The van der Waals surface area contributed by atoms with Gasteiger partial charge in [-0.15, -0.1) is 0 Å². The van der Waals surface area contributed by atoms with Gasteiger partial charge in [0.25, 0.3) is 0 Å². The van der Waals surface area contributed by atoms with E-state index in [9.17, 15) is 52.5 Å². The summed E-state index contributed by atoms with van der Waals surface area (Å²) in [6.07, 6.45) is -7.16. The third kappa shape index (κ3) is 6.77. The van der Waals surface area contributed by atoms with Crippen LogP contribution in [0.4, 0.5) is 39.5 Å². The molecule has 0 bridgehead atoms. The first-order chi connectivity index (χ1) is 16.4. The van der Waals surface area contributed by atoms with Crippen LogP contribution in [-0.2, 0) is 21.0 Å². The van der Waals surface area contributed by atoms with Gasteiger partial charge in [-0.1, -0.05) is 54.6 Å². The summed E-state index contributed by atoms with van der Waals surface area (Å²) in [4.78, 5) is 4.08. The topological polar surface area (TPSA) is 92.2 Å². The van der Waals surface area contributed by atoms with Gasteiger partial charge in [-0.25, -0.2) is 8.42 Å².